The highest BCUT2D eigenvalue weighted by Gasteiger charge is 2.43. The molecule has 0 atom stereocenters. The monoisotopic (exact) mass is 417 g/mol. The zero-order chi connectivity index (χ0) is 22.8. The first-order chi connectivity index (χ1) is 14.7. The van der Waals surface area contributed by atoms with E-state index in [1.165, 1.54) is 0 Å². The van der Waals surface area contributed by atoms with Crippen LogP contribution in [0.4, 0.5) is 5.69 Å². The number of carbonyl (C=O) groups is 2. The molecule has 3 rings (SSSR count). The topological polar surface area (TPSA) is 134 Å². The molecule has 1 heterocycles. The maximum Gasteiger partial charge on any atom is 0.303 e. The Hall–Kier alpha value is -3.84. The summed E-state index contributed by atoms with van der Waals surface area (Å²) in [5, 5.41) is 41.3. The van der Waals surface area contributed by atoms with E-state index in [1.807, 2.05) is 38.1 Å². The SMILES string of the molecule is CC1(C)C(=C(CCCCCC(=O)O)C2=C(O)C(=O)C2=C(C#N)C#N)Nc2ccccc21. The summed E-state index contributed by atoms with van der Waals surface area (Å²) in [5.74, 6) is -2.00. The molecule has 1 aromatic carbocycles. The summed E-state index contributed by atoms with van der Waals surface area (Å²) in [7, 11) is 0. The largest absolute Gasteiger partial charge is 0.504 e. The van der Waals surface area contributed by atoms with Crippen LogP contribution in [0.1, 0.15) is 51.5 Å². The minimum absolute atomic E-state index is 0.0518. The van der Waals surface area contributed by atoms with Crippen LogP contribution >= 0.6 is 0 Å². The molecular formula is C24H23N3O4. The summed E-state index contributed by atoms with van der Waals surface area (Å²) < 4.78 is 0. The van der Waals surface area contributed by atoms with Gasteiger partial charge in [0.1, 0.15) is 17.7 Å². The van der Waals surface area contributed by atoms with Crippen molar-refractivity contribution < 1.29 is 19.8 Å². The molecule has 1 aliphatic heterocycles. The summed E-state index contributed by atoms with van der Waals surface area (Å²) in [6.07, 6.45) is 2.34. The molecule has 0 bridgehead atoms. The van der Waals surface area contributed by atoms with Gasteiger partial charge in [-0.15, -0.1) is 0 Å². The first-order valence-corrected chi connectivity index (χ1v) is 10.1. The zero-order valence-corrected chi connectivity index (χ0v) is 17.5. The Morgan fingerprint density at radius 2 is 1.74 bits per heavy atom. The predicted octanol–water partition coefficient (Wildman–Crippen LogP) is 4.42. The van der Waals surface area contributed by atoms with Gasteiger partial charge in [-0.05, 0) is 36.5 Å². The second-order valence-corrected chi connectivity index (χ2v) is 8.13. The van der Waals surface area contributed by atoms with Crippen molar-refractivity contribution in [2.24, 2.45) is 0 Å². The van der Waals surface area contributed by atoms with Gasteiger partial charge in [0.15, 0.2) is 5.76 Å². The molecule has 158 valence electrons. The zero-order valence-electron chi connectivity index (χ0n) is 17.5. The van der Waals surface area contributed by atoms with Gasteiger partial charge in [-0.25, -0.2) is 0 Å². The van der Waals surface area contributed by atoms with E-state index in [0.29, 0.717) is 31.3 Å². The van der Waals surface area contributed by atoms with E-state index in [4.69, 9.17) is 5.11 Å². The summed E-state index contributed by atoms with van der Waals surface area (Å²) in [5.41, 5.74) is 2.86. The Bertz CT molecular complexity index is 1120. The normalized spacial score (nSPS) is 17.8. The van der Waals surface area contributed by atoms with Gasteiger partial charge < -0.3 is 15.5 Å². The van der Waals surface area contributed by atoms with Crippen LogP contribution in [0.3, 0.4) is 0 Å². The fourth-order valence-corrected chi connectivity index (χ4v) is 4.22. The minimum Gasteiger partial charge on any atom is -0.504 e. The van der Waals surface area contributed by atoms with Gasteiger partial charge in [0.05, 0.1) is 5.57 Å². The van der Waals surface area contributed by atoms with Crippen LogP contribution in [0, 0.1) is 22.7 Å². The van der Waals surface area contributed by atoms with Crippen LogP contribution in [0.15, 0.2) is 58.0 Å². The number of allylic oxidation sites excluding steroid dienone is 5. The molecule has 3 N–H and O–H groups in total. The summed E-state index contributed by atoms with van der Waals surface area (Å²) in [6, 6.07) is 11.3. The number of nitrogens with one attached hydrogen (secondary N) is 1. The number of nitriles is 2. The Morgan fingerprint density at radius 1 is 1.10 bits per heavy atom. The Morgan fingerprint density at radius 3 is 2.35 bits per heavy atom. The van der Waals surface area contributed by atoms with Crippen molar-refractivity contribution in [1.29, 1.82) is 10.5 Å². The van der Waals surface area contributed by atoms with Crippen molar-refractivity contribution in [2.45, 2.75) is 51.4 Å². The van der Waals surface area contributed by atoms with Crippen LogP contribution in [-0.4, -0.2) is 22.0 Å². The number of hydrogen-bond donors (Lipinski definition) is 3. The lowest BCUT2D eigenvalue weighted by Gasteiger charge is -2.30. The lowest BCUT2D eigenvalue weighted by molar-refractivity contribution is -0.137. The second-order valence-electron chi connectivity index (χ2n) is 8.13. The highest BCUT2D eigenvalue weighted by molar-refractivity contribution is 6.21. The Labute approximate surface area is 180 Å². The average Bonchev–Trinajstić information content (AvgIpc) is 3.02. The average molecular weight is 417 g/mol. The standard InChI is InChI=1S/C24H23N3O4/c1-24(2)16-9-6-7-10-17(16)27-23(24)15(8-4-3-5-11-18(28)29)20-19(14(12-25)13-26)21(30)22(20)31/h6-7,9-10,27,31H,3-5,8,11H2,1-2H3,(H,28,29). The van der Waals surface area contributed by atoms with Crippen molar-refractivity contribution in [2.75, 3.05) is 5.32 Å². The molecule has 0 saturated carbocycles. The maximum atomic E-state index is 12.3. The van der Waals surface area contributed by atoms with E-state index in [-0.39, 0.29) is 23.1 Å². The molecule has 0 spiro atoms. The van der Waals surface area contributed by atoms with Gasteiger partial charge in [0.25, 0.3) is 0 Å². The second kappa shape index (κ2) is 8.49. The number of fused-ring (bicyclic) bond motifs is 1. The third-order valence-electron chi connectivity index (χ3n) is 5.81. The third kappa shape index (κ3) is 3.83. The molecule has 0 radical (unpaired) electrons. The van der Waals surface area contributed by atoms with E-state index in [2.05, 4.69) is 5.32 Å². The van der Waals surface area contributed by atoms with E-state index in [9.17, 15) is 25.2 Å². The number of benzene rings is 1. The first-order valence-electron chi connectivity index (χ1n) is 10.1. The number of aliphatic hydroxyl groups is 1. The summed E-state index contributed by atoms with van der Waals surface area (Å²) >= 11 is 0. The van der Waals surface area contributed by atoms with Crippen LogP contribution in [-0.2, 0) is 15.0 Å². The number of hydrogen-bond acceptors (Lipinski definition) is 6. The summed E-state index contributed by atoms with van der Waals surface area (Å²) in [6.45, 7) is 4.06. The maximum absolute atomic E-state index is 12.3. The fourth-order valence-electron chi connectivity index (χ4n) is 4.22. The number of rotatable bonds is 7. The van der Waals surface area contributed by atoms with E-state index in [1.54, 1.807) is 12.1 Å². The molecule has 0 fully saturated rings. The van der Waals surface area contributed by atoms with Crippen LogP contribution in [0.25, 0.3) is 0 Å². The van der Waals surface area contributed by atoms with Crippen LogP contribution in [0.2, 0.25) is 0 Å². The van der Waals surface area contributed by atoms with Gasteiger partial charge in [0.2, 0.25) is 5.78 Å². The highest BCUT2D eigenvalue weighted by Crippen LogP contribution is 2.49. The predicted molar refractivity (Wildman–Crippen MR) is 114 cm³/mol. The van der Waals surface area contributed by atoms with Crippen LogP contribution < -0.4 is 5.32 Å². The van der Waals surface area contributed by atoms with Crippen LogP contribution in [0.5, 0.6) is 0 Å². The Kier molecular flexibility index (Phi) is 5.99. The molecule has 0 saturated heterocycles. The fraction of sp³-hybridized carbons (Fsp3) is 0.333. The van der Waals surface area contributed by atoms with Crippen molar-refractivity contribution in [1.82, 2.24) is 0 Å². The number of nitrogens with zero attached hydrogens (tertiary/aromatic N) is 2. The lowest BCUT2D eigenvalue weighted by atomic mass is 9.73. The van der Waals surface area contributed by atoms with Gasteiger partial charge >= 0.3 is 5.97 Å². The van der Waals surface area contributed by atoms with Crippen molar-refractivity contribution >= 4 is 17.4 Å². The number of carboxylic acid groups (broad SMARTS) is 1. The third-order valence-corrected chi connectivity index (χ3v) is 5.81. The number of aliphatic hydroxyl groups excluding tert-OH is 1. The van der Waals surface area contributed by atoms with E-state index >= 15 is 0 Å². The number of para-hydroxylation sites is 1. The number of Topliss-reactive ketones (excluding diaryl/α,β-unsaturated/α-hetero) is 1. The van der Waals surface area contributed by atoms with Crippen molar-refractivity contribution in [3.8, 4) is 12.1 Å². The molecule has 2 aliphatic rings. The number of unbranched alkanes of at least 4 members (excludes halogenated alkanes) is 2. The van der Waals surface area contributed by atoms with E-state index in [0.717, 1.165) is 16.9 Å². The molecule has 0 unspecified atom stereocenters. The van der Waals surface area contributed by atoms with Gasteiger partial charge in [-0.3, -0.25) is 9.59 Å². The number of anilines is 1. The van der Waals surface area contributed by atoms with Gasteiger partial charge in [0, 0.05) is 28.8 Å². The molecule has 31 heavy (non-hydrogen) atoms. The lowest BCUT2D eigenvalue weighted by Crippen LogP contribution is -2.28. The number of carboxylic acids is 1. The Balaban J connectivity index is 2.08. The molecule has 0 amide bonds. The van der Waals surface area contributed by atoms with Gasteiger partial charge in [-0.2, -0.15) is 10.5 Å². The first kappa shape index (κ1) is 21.9. The number of ketones is 1. The molecule has 7 heteroatoms. The molecular weight excluding hydrogens is 394 g/mol. The quantitative estimate of drug-likeness (QED) is 0.340. The highest BCUT2D eigenvalue weighted by atomic mass is 16.4. The van der Waals surface area contributed by atoms with Gasteiger partial charge in [-0.1, -0.05) is 38.5 Å². The molecule has 1 aliphatic carbocycles. The van der Waals surface area contributed by atoms with E-state index < -0.39 is 22.9 Å². The summed E-state index contributed by atoms with van der Waals surface area (Å²) in [4.78, 5) is 23.1. The molecule has 1 aromatic rings. The number of aliphatic carboxylic acids is 1. The smallest absolute Gasteiger partial charge is 0.303 e. The van der Waals surface area contributed by atoms with Crippen molar-refractivity contribution in [3.63, 3.8) is 0 Å². The minimum atomic E-state index is -0.851. The number of carbonyl (C=O) groups excluding carboxylic acids is 1. The molecule has 7 nitrogen and oxygen atoms in total. The molecule has 0 aromatic heterocycles. The van der Waals surface area contributed by atoms with Crippen molar-refractivity contribution in [3.05, 3.63) is 63.6 Å².